The first kappa shape index (κ1) is 22.3. The minimum absolute atomic E-state index is 0.209. The van der Waals surface area contributed by atoms with Crippen LogP contribution in [0.4, 0.5) is 5.69 Å². The Morgan fingerprint density at radius 2 is 1.72 bits per heavy atom. The Morgan fingerprint density at radius 1 is 0.917 bits per heavy atom. The first-order valence-electron chi connectivity index (χ1n) is 11.7. The third kappa shape index (κ3) is 3.89. The van der Waals surface area contributed by atoms with E-state index >= 15 is 0 Å². The van der Waals surface area contributed by atoms with Crippen molar-refractivity contribution in [2.24, 2.45) is 0 Å². The Balaban J connectivity index is 1.47. The van der Waals surface area contributed by atoms with Gasteiger partial charge in [-0.25, -0.2) is 0 Å². The minimum Gasteiger partial charge on any atom is -0.454 e. The molecular weight excluding hydrogens is 472 g/mol. The van der Waals surface area contributed by atoms with Crippen molar-refractivity contribution in [2.45, 2.75) is 26.8 Å². The van der Waals surface area contributed by atoms with Crippen molar-refractivity contribution in [3.8, 4) is 22.9 Å². The lowest BCUT2D eigenvalue weighted by Gasteiger charge is -2.37. The highest BCUT2D eigenvalue weighted by Crippen LogP contribution is 2.40. The van der Waals surface area contributed by atoms with Crippen molar-refractivity contribution in [1.29, 1.82) is 0 Å². The molecule has 3 aromatic carbocycles. The zero-order valence-electron chi connectivity index (χ0n) is 20.1. The first-order chi connectivity index (χ1) is 17.5. The van der Waals surface area contributed by atoms with Crippen molar-refractivity contribution in [3.05, 3.63) is 95.0 Å². The van der Waals surface area contributed by atoms with Crippen molar-refractivity contribution < 1.29 is 14.0 Å². The number of aromatic nitrogens is 2. The molecule has 3 heterocycles. The van der Waals surface area contributed by atoms with Crippen LogP contribution in [0.2, 0.25) is 0 Å². The molecule has 180 valence electrons. The molecule has 36 heavy (non-hydrogen) atoms. The van der Waals surface area contributed by atoms with Crippen LogP contribution in [0, 0.1) is 13.8 Å². The molecule has 0 aliphatic carbocycles. The van der Waals surface area contributed by atoms with Crippen molar-refractivity contribution in [3.63, 3.8) is 0 Å². The summed E-state index contributed by atoms with van der Waals surface area (Å²) in [5.74, 6) is 2.28. The molecule has 6 rings (SSSR count). The van der Waals surface area contributed by atoms with E-state index in [1.807, 2.05) is 42.2 Å². The van der Waals surface area contributed by atoms with Gasteiger partial charge in [0.15, 0.2) is 16.6 Å². The third-order valence-corrected chi connectivity index (χ3v) is 6.74. The van der Waals surface area contributed by atoms with Crippen LogP contribution < -0.4 is 19.7 Å². The van der Waals surface area contributed by atoms with Crippen molar-refractivity contribution >= 4 is 28.6 Å². The molecule has 8 heteroatoms. The Morgan fingerprint density at radius 3 is 2.53 bits per heavy atom. The highest BCUT2D eigenvalue weighted by molar-refractivity contribution is 7.80. The summed E-state index contributed by atoms with van der Waals surface area (Å²) in [6.07, 6.45) is 0. The van der Waals surface area contributed by atoms with Crippen molar-refractivity contribution in [2.75, 3.05) is 11.7 Å². The second-order valence-electron chi connectivity index (χ2n) is 8.96. The molecule has 0 saturated carbocycles. The van der Waals surface area contributed by atoms with Gasteiger partial charge in [0, 0.05) is 16.9 Å². The molecule has 2 aliphatic heterocycles. The lowest BCUT2D eigenvalue weighted by atomic mass is 9.94. The lowest BCUT2D eigenvalue weighted by Crippen LogP contribution is -2.46. The van der Waals surface area contributed by atoms with Crippen LogP contribution in [0.15, 0.2) is 77.0 Å². The number of anilines is 1. The van der Waals surface area contributed by atoms with E-state index in [9.17, 15) is 0 Å². The molecule has 0 amide bonds. The highest BCUT2D eigenvalue weighted by atomic mass is 32.1. The fourth-order valence-corrected chi connectivity index (χ4v) is 4.95. The fraction of sp³-hybridized carbons (Fsp3) is 0.179. The molecule has 1 N–H and O–H groups in total. The molecule has 1 atom stereocenters. The Kier molecular flexibility index (Phi) is 5.45. The van der Waals surface area contributed by atoms with Gasteiger partial charge >= 0.3 is 0 Å². The van der Waals surface area contributed by atoms with Crippen molar-refractivity contribution in [1.82, 2.24) is 15.5 Å². The molecule has 0 fully saturated rings. The Hall–Kier alpha value is -4.17. The van der Waals surface area contributed by atoms with Crippen LogP contribution in [0.1, 0.15) is 35.5 Å². The van der Waals surface area contributed by atoms with Gasteiger partial charge in [-0.3, -0.25) is 4.90 Å². The number of fused-ring (bicyclic) bond motifs is 1. The number of benzene rings is 3. The highest BCUT2D eigenvalue weighted by Gasteiger charge is 2.35. The SMILES string of the molecule is CC1=C(c2nc(-c3ccc4c(c3)OCO4)no2)C(c2ccc(C)cc2)NC(=S)N1c1cccc(C)c1. The monoisotopic (exact) mass is 496 g/mol. The number of ether oxygens (including phenoxy) is 2. The summed E-state index contributed by atoms with van der Waals surface area (Å²) in [5, 5.41) is 8.43. The summed E-state index contributed by atoms with van der Waals surface area (Å²) in [4.78, 5) is 6.82. The van der Waals surface area contributed by atoms with Gasteiger partial charge in [-0.1, -0.05) is 47.1 Å². The second kappa shape index (κ2) is 8.80. The van der Waals surface area contributed by atoms with Crippen LogP contribution in [0.25, 0.3) is 17.0 Å². The van der Waals surface area contributed by atoms with Gasteiger partial charge in [0.2, 0.25) is 12.6 Å². The average molecular weight is 497 g/mol. The third-order valence-electron chi connectivity index (χ3n) is 6.44. The first-order valence-corrected chi connectivity index (χ1v) is 12.1. The van der Waals surface area contributed by atoms with E-state index in [-0.39, 0.29) is 12.8 Å². The molecule has 0 bridgehead atoms. The zero-order chi connectivity index (χ0) is 24.8. The van der Waals surface area contributed by atoms with Crippen LogP contribution >= 0.6 is 12.2 Å². The van der Waals surface area contributed by atoms with E-state index < -0.39 is 0 Å². The summed E-state index contributed by atoms with van der Waals surface area (Å²) in [7, 11) is 0. The number of hydrogen-bond acceptors (Lipinski definition) is 6. The molecule has 0 saturated heterocycles. The van der Waals surface area contributed by atoms with Gasteiger partial charge < -0.3 is 19.3 Å². The van der Waals surface area contributed by atoms with Crippen LogP contribution in [0.3, 0.4) is 0 Å². The van der Waals surface area contributed by atoms with Crippen LogP contribution in [0.5, 0.6) is 11.5 Å². The normalized spacial score (nSPS) is 16.9. The summed E-state index contributed by atoms with van der Waals surface area (Å²) >= 11 is 5.85. The average Bonchev–Trinajstić information content (AvgIpc) is 3.54. The number of thiocarbonyl (C=S) groups is 1. The summed E-state index contributed by atoms with van der Waals surface area (Å²) < 4.78 is 16.8. The Bertz CT molecular complexity index is 1510. The predicted octanol–water partition coefficient (Wildman–Crippen LogP) is 5.95. The summed E-state index contributed by atoms with van der Waals surface area (Å²) in [5.41, 5.74) is 6.94. The minimum atomic E-state index is -0.246. The van der Waals surface area contributed by atoms with E-state index in [1.54, 1.807) is 0 Å². The maximum absolute atomic E-state index is 5.87. The van der Waals surface area contributed by atoms with Gasteiger partial charge in [-0.2, -0.15) is 4.98 Å². The lowest BCUT2D eigenvalue weighted by molar-refractivity contribution is 0.174. The molecule has 0 spiro atoms. The second-order valence-corrected chi connectivity index (χ2v) is 9.34. The van der Waals surface area contributed by atoms with E-state index in [0.717, 1.165) is 33.6 Å². The molecule has 0 radical (unpaired) electrons. The molecule has 4 aromatic rings. The van der Waals surface area contributed by atoms with E-state index in [1.165, 1.54) is 5.56 Å². The molecule has 2 aliphatic rings. The number of nitrogens with one attached hydrogen (secondary N) is 1. The maximum Gasteiger partial charge on any atom is 0.258 e. The summed E-state index contributed by atoms with van der Waals surface area (Å²) in [6.45, 7) is 6.38. The molecule has 1 aromatic heterocycles. The number of aryl methyl sites for hydroxylation is 2. The van der Waals surface area contributed by atoms with E-state index in [2.05, 4.69) is 60.7 Å². The predicted molar refractivity (Wildman–Crippen MR) is 142 cm³/mol. The van der Waals surface area contributed by atoms with Gasteiger partial charge in [0.1, 0.15) is 0 Å². The number of rotatable bonds is 4. The molecule has 7 nitrogen and oxygen atoms in total. The van der Waals surface area contributed by atoms with Crippen LogP contribution in [-0.2, 0) is 0 Å². The van der Waals surface area contributed by atoms with Gasteiger partial charge in [0.25, 0.3) is 5.89 Å². The molecule has 1 unspecified atom stereocenters. The number of nitrogens with zero attached hydrogens (tertiary/aromatic N) is 3. The Labute approximate surface area is 214 Å². The fourth-order valence-electron chi connectivity index (χ4n) is 4.59. The zero-order valence-corrected chi connectivity index (χ0v) is 20.9. The van der Waals surface area contributed by atoms with Gasteiger partial charge in [-0.15, -0.1) is 0 Å². The largest absolute Gasteiger partial charge is 0.454 e. The van der Waals surface area contributed by atoms with Crippen LogP contribution in [-0.4, -0.2) is 22.0 Å². The van der Waals surface area contributed by atoms with E-state index in [0.29, 0.717) is 28.3 Å². The van der Waals surface area contributed by atoms with Gasteiger partial charge in [-0.05, 0) is 74.4 Å². The summed E-state index contributed by atoms with van der Waals surface area (Å²) in [6, 6.07) is 22.0. The molecular formula is C28H24N4O3S. The quantitative estimate of drug-likeness (QED) is 0.348. The number of hydrogen-bond donors (Lipinski definition) is 1. The standard InChI is InChI=1S/C28H24N4O3S/c1-16-7-9-19(10-8-16)25-24(18(3)32(28(36)29-25)21-6-4-5-17(2)13-21)27-30-26(31-35-27)20-11-12-22-23(14-20)34-15-33-22/h4-14,25H,15H2,1-3H3,(H,29,36). The maximum atomic E-state index is 5.87. The van der Waals surface area contributed by atoms with E-state index in [4.69, 9.17) is 31.2 Å². The number of allylic oxidation sites excluding steroid dienone is 1. The van der Waals surface area contributed by atoms with Gasteiger partial charge in [0.05, 0.1) is 11.6 Å². The topological polar surface area (TPSA) is 72.6 Å². The smallest absolute Gasteiger partial charge is 0.258 e.